The molecule has 362 valence electrons. The maximum absolute atomic E-state index is 11.4. The minimum atomic E-state index is -4.29. The molecule has 0 saturated heterocycles. The molecule has 0 aliphatic heterocycles. The van der Waals surface area contributed by atoms with Crippen LogP contribution in [0.1, 0.15) is 61.1 Å². The van der Waals surface area contributed by atoms with E-state index in [1.54, 1.807) is 87.5 Å². The van der Waals surface area contributed by atoms with Crippen LogP contribution in [-0.4, -0.2) is 152 Å². The van der Waals surface area contributed by atoms with Gasteiger partial charge in [-0.3, -0.25) is 27.3 Å². The van der Waals surface area contributed by atoms with Gasteiger partial charge in [-0.05, 0) is 91.6 Å². The fourth-order valence-electron chi connectivity index (χ4n) is 6.95. The van der Waals surface area contributed by atoms with Gasteiger partial charge in [-0.2, -0.15) is 50.5 Å². The van der Waals surface area contributed by atoms with Crippen molar-refractivity contribution in [2.24, 2.45) is 0 Å². The topological polar surface area (TPSA) is 336 Å². The van der Waals surface area contributed by atoms with Crippen molar-refractivity contribution >= 4 is 77.8 Å². The van der Waals surface area contributed by atoms with Crippen molar-refractivity contribution in [3.8, 4) is 0 Å². The Morgan fingerprint density at radius 1 is 0.308 bits per heavy atom. The number of benzene rings is 3. The molecule has 0 radical (unpaired) electrons. The van der Waals surface area contributed by atoms with Crippen molar-refractivity contribution < 1.29 is 107 Å². The average Bonchev–Trinajstić information content (AvgIpc) is 3.14. The third-order valence-electron chi connectivity index (χ3n) is 9.76. The molecule has 3 aromatic carbocycles. The zero-order valence-corrected chi connectivity index (χ0v) is 42.5. The first-order valence-electron chi connectivity index (χ1n) is 19.7. The molecule has 0 unspecified atom stereocenters. The molecular formula is C37H55N3NaO18S6+. The van der Waals surface area contributed by atoms with E-state index < -0.39 is 101 Å². The molecule has 0 aromatic heterocycles. The first kappa shape index (κ1) is 58.6. The number of anilines is 3. The van der Waals surface area contributed by atoms with Gasteiger partial charge >= 0.3 is 29.6 Å². The molecule has 3 rings (SSSR count). The van der Waals surface area contributed by atoms with E-state index in [1.165, 1.54) is 0 Å². The fraction of sp³-hybridized carbons (Fsp3) is 0.514. The molecule has 28 heteroatoms. The van der Waals surface area contributed by atoms with Crippen molar-refractivity contribution in [3.63, 3.8) is 0 Å². The number of hydrogen-bond acceptors (Lipinski definition) is 15. The molecule has 0 fully saturated rings. The Kier molecular flexibility index (Phi) is 23.2. The van der Waals surface area contributed by atoms with Crippen molar-refractivity contribution in [3.05, 3.63) is 89.5 Å². The molecular weight excluding hydrogens is 990 g/mol. The third-order valence-corrected chi connectivity index (χ3v) is 14.6. The molecule has 3 aromatic rings. The molecule has 21 nitrogen and oxygen atoms in total. The van der Waals surface area contributed by atoms with Crippen LogP contribution in [0.15, 0.2) is 72.8 Å². The normalized spacial score (nSPS) is 12.8. The van der Waals surface area contributed by atoms with Gasteiger partial charge in [0, 0.05) is 62.2 Å². The van der Waals surface area contributed by atoms with Crippen molar-refractivity contribution in [2.45, 2.75) is 44.4 Å². The van der Waals surface area contributed by atoms with Crippen LogP contribution in [0, 0.1) is 0 Å². The second kappa shape index (κ2) is 25.8. The maximum Gasteiger partial charge on any atom is 1.00 e. The van der Waals surface area contributed by atoms with Crippen LogP contribution in [0.5, 0.6) is 0 Å². The Bertz CT molecular complexity index is 2230. The summed E-state index contributed by atoms with van der Waals surface area (Å²) in [6.45, 7) is 0.624. The molecule has 0 heterocycles. The van der Waals surface area contributed by atoms with Gasteiger partial charge in [0.05, 0.1) is 34.5 Å². The Morgan fingerprint density at radius 3 is 0.600 bits per heavy atom. The summed E-state index contributed by atoms with van der Waals surface area (Å²) in [5.41, 5.74) is 3.85. The minimum absolute atomic E-state index is 0. The van der Waals surface area contributed by atoms with E-state index in [4.69, 9.17) is 0 Å². The van der Waals surface area contributed by atoms with Crippen LogP contribution < -0.4 is 44.3 Å². The molecule has 6 N–H and O–H groups in total. The summed E-state index contributed by atoms with van der Waals surface area (Å²) in [6, 6.07) is 21.1. The van der Waals surface area contributed by atoms with Crippen LogP contribution in [0.4, 0.5) is 17.1 Å². The summed E-state index contributed by atoms with van der Waals surface area (Å²) in [5.74, 6) is -3.83. The summed E-state index contributed by atoms with van der Waals surface area (Å²) in [4.78, 5) is 5.11. The molecule has 0 bridgehead atoms. The Morgan fingerprint density at radius 2 is 0.462 bits per heavy atom. The monoisotopic (exact) mass is 1040 g/mol. The maximum atomic E-state index is 11.4. The van der Waals surface area contributed by atoms with E-state index >= 15 is 0 Å². The van der Waals surface area contributed by atoms with Crippen LogP contribution in [-0.2, 0) is 60.7 Å². The van der Waals surface area contributed by atoms with Crippen LogP contribution >= 0.6 is 0 Å². The number of nitrogens with zero attached hydrogens (tertiary/aromatic N) is 3. The largest absolute Gasteiger partial charge is 1.00 e. The van der Waals surface area contributed by atoms with E-state index in [2.05, 4.69) is 0 Å². The van der Waals surface area contributed by atoms with E-state index in [9.17, 15) is 77.8 Å². The molecule has 0 amide bonds. The smallest absolute Gasteiger partial charge is 0.371 e. The van der Waals surface area contributed by atoms with Gasteiger partial charge in [0.15, 0.2) is 0 Å². The Balaban J connectivity index is 0.0000145. The summed E-state index contributed by atoms with van der Waals surface area (Å²) >= 11 is 0. The predicted molar refractivity (Wildman–Crippen MR) is 243 cm³/mol. The van der Waals surface area contributed by atoms with E-state index in [0.29, 0.717) is 17.1 Å². The third kappa shape index (κ3) is 24.9. The summed E-state index contributed by atoms with van der Waals surface area (Å²) in [5, 5.41) is 0. The SMILES string of the molecule is O=S(=O)(O)CCCN(CCCS(=O)(=O)O)c1ccc(C(c2ccc(N(CCCS(=O)(=O)O)CCCS(=O)(=O)O)cc2)c2ccc(N(CCCS(=O)(=O)O)CCCS(=O)(=O)O)cc2)cc1.[Na+]. The van der Waals surface area contributed by atoms with Gasteiger partial charge in [-0.15, -0.1) is 0 Å². The summed E-state index contributed by atoms with van der Waals surface area (Å²) < 4.78 is 193. The molecule has 0 spiro atoms. The molecule has 0 aliphatic rings. The van der Waals surface area contributed by atoms with E-state index in [1.807, 2.05) is 0 Å². The van der Waals surface area contributed by atoms with Gasteiger partial charge in [0.1, 0.15) is 0 Å². The zero-order chi connectivity index (χ0) is 48.0. The van der Waals surface area contributed by atoms with Gasteiger partial charge in [0.25, 0.3) is 60.7 Å². The summed E-state index contributed by atoms with van der Waals surface area (Å²) in [6.07, 6.45) is -0.00555. The van der Waals surface area contributed by atoms with Crippen LogP contribution in [0.3, 0.4) is 0 Å². The van der Waals surface area contributed by atoms with Crippen LogP contribution in [0.25, 0.3) is 0 Å². The first-order valence-corrected chi connectivity index (χ1v) is 29.4. The summed E-state index contributed by atoms with van der Waals surface area (Å²) in [7, 11) is -25.7. The number of rotatable bonds is 30. The molecule has 0 aliphatic carbocycles. The molecule has 65 heavy (non-hydrogen) atoms. The second-order valence-corrected chi connectivity index (χ2v) is 24.4. The van der Waals surface area contributed by atoms with Crippen molar-refractivity contribution in [2.75, 3.05) is 88.5 Å². The standard InChI is InChI=1S/C37H55N3O18S6.Na/c41-59(42,43)25-1-19-38(20-2-26-60(44,45)46)34-13-7-31(8-14-34)37(32-9-15-35(16-10-32)39(21-3-27-61(47,48)49)22-4-28-62(50,51)52)33-11-17-36(18-12-33)40(23-5-29-63(53,54)55)24-6-30-64(56,57)58;/h7-18,37H,1-6,19-30H2,(H,41,42,43)(H,44,45,46)(H,47,48,49)(H,50,51,52)(H,53,54,55)(H,56,57,58);/q;+1. The van der Waals surface area contributed by atoms with Crippen molar-refractivity contribution in [1.29, 1.82) is 0 Å². The van der Waals surface area contributed by atoms with E-state index in [0.717, 1.165) is 16.7 Å². The number of hydrogen-bond donors (Lipinski definition) is 6. The Labute approximate surface area is 404 Å². The first-order chi connectivity index (χ1) is 29.5. The van der Waals surface area contributed by atoms with E-state index in [-0.39, 0.29) is 107 Å². The van der Waals surface area contributed by atoms with Gasteiger partial charge < -0.3 is 14.7 Å². The fourth-order valence-corrected chi connectivity index (χ4v) is 9.91. The zero-order valence-electron chi connectivity index (χ0n) is 35.6. The minimum Gasteiger partial charge on any atom is -0.371 e. The van der Waals surface area contributed by atoms with Crippen molar-refractivity contribution in [1.82, 2.24) is 0 Å². The van der Waals surface area contributed by atoms with Gasteiger partial charge in [0.2, 0.25) is 0 Å². The second-order valence-electron chi connectivity index (χ2n) is 15.0. The molecule has 0 saturated carbocycles. The quantitative estimate of drug-likeness (QED) is 0.0290. The molecule has 0 atom stereocenters. The predicted octanol–water partition coefficient (Wildman–Crippen LogP) is -0.0426. The van der Waals surface area contributed by atoms with Gasteiger partial charge in [-0.25, -0.2) is 0 Å². The average molecular weight is 1050 g/mol. The Hall–Kier alpha value is -2.48. The van der Waals surface area contributed by atoms with Gasteiger partial charge in [-0.1, -0.05) is 36.4 Å². The van der Waals surface area contributed by atoms with Crippen LogP contribution in [0.2, 0.25) is 0 Å².